The van der Waals surface area contributed by atoms with Crippen LogP contribution in [-0.4, -0.2) is 47.8 Å². The molecule has 0 atom stereocenters. The molecule has 0 saturated carbocycles. The van der Waals surface area contributed by atoms with Gasteiger partial charge < -0.3 is 4.90 Å². The topological polar surface area (TPSA) is 47.3 Å². The van der Waals surface area contributed by atoms with Crippen LogP contribution < -0.4 is 0 Å². The largest absolute Gasteiger partial charge is 0.340 e. The molecule has 1 aromatic carbocycles. The van der Waals surface area contributed by atoms with E-state index in [9.17, 15) is 4.79 Å². The van der Waals surface area contributed by atoms with Crippen LogP contribution in [0.15, 0.2) is 24.3 Å². The lowest BCUT2D eigenvalue weighted by molar-refractivity contribution is -0.128. The fourth-order valence-electron chi connectivity index (χ4n) is 2.41. The van der Waals surface area contributed by atoms with Gasteiger partial charge in [0, 0.05) is 32.7 Å². The summed E-state index contributed by atoms with van der Waals surface area (Å²) in [7, 11) is 0. The standard InChI is InChI=1S/C15H18ClN3O/c16-10-15(20)19-7-1-6-18(8-9-19)12-14-4-2-13(11-17)3-5-14/h2-5H,1,6-10,12H2. The van der Waals surface area contributed by atoms with E-state index in [4.69, 9.17) is 16.9 Å². The normalized spacial score (nSPS) is 16.5. The maximum Gasteiger partial charge on any atom is 0.237 e. The first-order chi connectivity index (χ1) is 9.72. The number of nitrogens with zero attached hydrogens (tertiary/aromatic N) is 3. The third-order valence-electron chi connectivity index (χ3n) is 3.54. The molecule has 0 unspecified atom stereocenters. The van der Waals surface area contributed by atoms with Crippen molar-refractivity contribution in [2.24, 2.45) is 0 Å². The molecule has 0 aromatic heterocycles. The first-order valence-corrected chi connectivity index (χ1v) is 7.31. The minimum atomic E-state index is 0.0203. The molecule has 1 aliphatic rings. The number of benzene rings is 1. The number of rotatable bonds is 3. The third-order valence-corrected chi connectivity index (χ3v) is 3.77. The van der Waals surface area contributed by atoms with E-state index in [1.54, 1.807) is 0 Å². The molecule has 2 rings (SSSR count). The van der Waals surface area contributed by atoms with E-state index in [0.717, 1.165) is 39.1 Å². The van der Waals surface area contributed by atoms with Crippen LogP contribution in [0.2, 0.25) is 0 Å². The van der Waals surface area contributed by atoms with E-state index >= 15 is 0 Å². The molecule has 20 heavy (non-hydrogen) atoms. The van der Waals surface area contributed by atoms with Gasteiger partial charge in [-0.25, -0.2) is 0 Å². The fraction of sp³-hybridized carbons (Fsp3) is 0.467. The average molecular weight is 292 g/mol. The summed E-state index contributed by atoms with van der Waals surface area (Å²) in [6.07, 6.45) is 0.971. The number of carbonyl (C=O) groups excluding carboxylic acids is 1. The number of amides is 1. The maximum atomic E-state index is 11.6. The number of hydrogen-bond acceptors (Lipinski definition) is 3. The monoisotopic (exact) mass is 291 g/mol. The summed E-state index contributed by atoms with van der Waals surface area (Å²) < 4.78 is 0. The second kappa shape index (κ2) is 7.28. The van der Waals surface area contributed by atoms with E-state index in [2.05, 4.69) is 11.0 Å². The Morgan fingerprint density at radius 2 is 1.95 bits per heavy atom. The summed E-state index contributed by atoms with van der Waals surface area (Å²) in [5.41, 5.74) is 1.88. The number of carbonyl (C=O) groups is 1. The highest BCUT2D eigenvalue weighted by molar-refractivity contribution is 6.27. The Labute approximate surface area is 124 Å². The predicted octanol–water partition coefficient (Wildman–Crippen LogP) is 1.83. The summed E-state index contributed by atoms with van der Waals surface area (Å²) in [6.45, 7) is 4.22. The van der Waals surface area contributed by atoms with Crippen LogP contribution in [0.1, 0.15) is 17.5 Å². The summed E-state index contributed by atoms with van der Waals surface area (Å²) in [5, 5.41) is 8.78. The summed E-state index contributed by atoms with van der Waals surface area (Å²) >= 11 is 5.60. The Kier molecular flexibility index (Phi) is 5.40. The Morgan fingerprint density at radius 1 is 1.20 bits per heavy atom. The number of hydrogen-bond donors (Lipinski definition) is 0. The molecule has 0 bridgehead atoms. The quantitative estimate of drug-likeness (QED) is 0.798. The zero-order valence-corrected chi connectivity index (χ0v) is 12.1. The molecule has 1 amide bonds. The van der Waals surface area contributed by atoms with E-state index in [1.807, 2.05) is 29.2 Å². The molecule has 1 heterocycles. The lowest BCUT2D eigenvalue weighted by atomic mass is 10.1. The Hall–Kier alpha value is -1.57. The van der Waals surface area contributed by atoms with Crippen molar-refractivity contribution < 1.29 is 4.79 Å². The number of alkyl halides is 1. The predicted molar refractivity (Wildman–Crippen MR) is 78.4 cm³/mol. The van der Waals surface area contributed by atoms with Gasteiger partial charge in [0.05, 0.1) is 11.6 Å². The average Bonchev–Trinajstić information content (AvgIpc) is 2.73. The van der Waals surface area contributed by atoms with Crippen molar-refractivity contribution >= 4 is 17.5 Å². The third kappa shape index (κ3) is 3.96. The molecule has 1 fully saturated rings. The van der Waals surface area contributed by atoms with Crippen LogP contribution in [0.4, 0.5) is 0 Å². The van der Waals surface area contributed by atoms with Gasteiger partial charge in [-0.2, -0.15) is 5.26 Å². The molecule has 0 N–H and O–H groups in total. The van der Waals surface area contributed by atoms with Crippen molar-refractivity contribution in [3.63, 3.8) is 0 Å². The minimum Gasteiger partial charge on any atom is -0.340 e. The zero-order chi connectivity index (χ0) is 14.4. The molecule has 5 heteroatoms. The van der Waals surface area contributed by atoms with Crippen LogP contribution in [0.3, 0.4) is 0 Å². The van der Waals surface area contributed by atoms with Gasteiger partial charge in [0.1, 0.15) is 5.88 Å². The first kappa shape index (κ1) is 14.8. The smallest absolute Gasteiger partial charge is 0.237 e. The molecular weight excluding hydrogens is 274 g/mol. The lowest BCUT2D eigenvalue weighted by Crippen LogP contribution is -2.35. The van der Waals surface area contributed by atoms with Gasteiger partial charge in [0.25, 0.3) is 0 Å². The van der Waals surface area contributed by atoms with E-state index < -0.39 is 0 Å². The van der Waals surface area contributed by atoms with Gasteiger partial charge in [-0.3, -0.25) is 9.69 Å². The van der Waals surface area contributed by atoms with Crippen molar-refractivity contribution in [2.45, 2.75) is 13.0 Å². The van der Waals surface area contributed by atoms with Gasteiger partial charge in [0.2, 0.25) is 5.91 Å². The highest BCUT2D eigenvalue weighted by Gasteiger charge is 2.18. The number of halogens is 1. The van der Waals surface area contributed by atoms with Crippen LogP contribution in [0.5, 0.6) is 0 Å². The number of nitriles is 1. The van der Waals surface area contributed by atoms with Gasteiger partial charge in [-0.15, -0.1) is 11.6 Å². The summed E-state index contributed by atoms with van der Waals surface area (Å²) in [5.74, 6) is 0.0854. The molecule has 4 nitrogen and oxygen atoms in total. The van der Waals surface area contributed by atoms with E-state index in [-0.39, 0.29) is 11.8 Å². The highest BCUT2D eigenvalue weighted by Crippen LogP contribution is 2.10. The molecule has 0 aliphatic carbocycles. The minimum absolute atomic E-state index is 0.0203. The van der Waals surface area contributed by atoms with Gasteiger partial charge in [0.15, 0.2) is 0 Å². The maximum absolute atomic E-state index is 11.6. The van der Waals surface area contributed by atoms with Crippen LogP contribution in [0, 0.1) is 11.3 Å². The van der Waals surface area contributed by atoms with Crippen molar-refractivity contribution in [3.8, 4) is 6.07 Å². The van der Waals surface area contributed by atoms with Gasteiger partial charge in [-0.05, 0) is 24.1 Å². The van der Waals surface area contributed by atoms with Crippen molar-refractivity contribution in [3.05, 3.63) is 35.4 Å². The fourth-order valence-corrected chi connectivity index (χ4v) is 2.57. The van der Waals surface area contributed by atoms with E-state index in [1.165, 1.54) is 5.56 Å². The second-order valence-electron chi connectivity index (χ2n) is 4.95. The van der Waals surface area contributed by atoms with Crippen molar-refractivity contribution in [1.82, 2.24) is 9.80 Å². The van der Waals surface area contributed by atoms with Crippen molar-refractivity contribution in [1.29, 1.82) is 5.26 Å². The zero-order valence-electron chi connectivity index (χ0n) is 11.4. The molecule has 0 radical (unpaired) electrons. The molecule has 1 aliphatic heterocycles. The second-order valence-corrected chi connectivity index (χ2v) is 5.22. The molecule has 1 saturated heterocycles. The summed E-state index contributed by atoms with van der Waals surface area (Å²) in [6, 6.07) is 9.79. The van der Waals surface area contributed by atoms with Crippen LogP contribution in [-0.2, 0) is 11.3 Å². The van der Waals surface area contributed by atoms with E-state index in [0.29, 0.717) is 5.56 Å². The molecular formula is C15H18ClN3O. The van der Waals surface area contributed by atoms with Crippen LogP contribution >= 0.6 is 11.6 Å². The summed E-state index contributed by atoms with van der Waals surface area (Å²) in [4.78, 5) is 15.8. The highest BCUT2D eigenvalue weighted by atomic mass is 35.5. The molecule has 1 aromatic rings. The Bertz CT molecular complexity index is 495. The molecule has 106 valence electrons. The van der Waals surface area contributed by atoms with Crippen LogP contribution in [0.25, 0.3) is 0 Å². The lowest BCUT2D eigenvalue weighted by Gasteiger charge is -2.21. The Morgan fingerprint density at radius 3 is 2.60 bits per heavy atom. The first-order valence-electron chi connectivity index (χ1n) is 6.78. The van der Waals surface area contributed by atoms with Gasteiger partial charge in [-0.1, -0.05) is 12.1 Å². The molecule has 0 spiro atoms. The van der Waals surface area contributed by atoms with Gasteiger partial charge >= 0.3 is 0 Å². The van der Waals surface area contributed by atoms with Crippen molar-refractivity contribution in [2.75, 3.05) is 32.1 Å². The Balaban J connectivity index is 1.90. The SMILES string of the molecule is N#Cc1ccc(CN2CCCN(C(=O)CCl)CC2)cc1.